The van der Waals surface area contributed by atoms with E-state index in [2.05, 4.69) is 71.2 Å². The molecule has 0 amide bonds. The van der Waals surface area contributed by atoms with Gasteiger partial charge >= 0.3 is 0 Å². The first-order valence-electron chi connectivity index (χ1n) is 11.0. The van der Waals surface area contributed by atoms with Crippen molar-refractivity contribution in [1.82, 2.24) is 10.3 Å². The lowest BCUT2D eigenvalue weighted by Crippen LogP contribution is -2.33. The Morgan fingerprint density at radius 1 is 1.03 bits per heavy atom. The maximum atomic E-state index is 3.73. The summed E-state index contributed by atoms with van der Waals surface area (Å²) in [5.41, 5.74) is 7.31. The number of hydrogen-bond donors (Lipinski definition) is 2. The molecule has 3 aromatic rings. The lowest BCUT2D eigenvalue weighted by atomic mass is 9.82. The van der Waals surface area contributed by atoms with Crippen molar-refractivity contribution >= 4 is 28.2 Å². The first kappa shape index (κ1) is 19.0. The highest BCUT2D eigenvalue weighted by Gasteiger charge is 2.24. The fraction of sp³-hybridized carbons (Fsp3) is 0.385. The van der Waals surface area contributed by atoms with E-state index in [1.165, 1.54) is 64.7 Å². The van der Waals surface area contributed by atoms with Crippen LogP contribution in [-0.4, -0.2) is 23.8 Å². The molecule has 1 aliphatic heterocycles. The molecular formula is C26H30N2S. The first-order chi connectivity index (χ1) is 14.3. The average Bonchev–Trinajstić information content (AvgIpc) is 3.15. The molecule has 0 saturated heterocycles. The number of rotatable bonds is 5. The summed E-state index contributed by atoms with van der Waals surface area (Å²) in [6, 6.07) is 18.4. The third-order valence-corrected chi connectivity index (χ3v) is 7.51. The standard InChI is InChI=1S/C26H30N2S/c1-29-22-10-12-26-24(17-22)23-15-18(8-11-25(23)28-26)7-9-21-16-20(13-14-27-21)19-5-3-2-4-6-19/h2-6,10,12-13,17-18,21,27-28H,7-9,11,14-16H2,1H3. The zero-order valence-electron chi connectivity index (χ0n) is 17.2. The van der Waals surface area contributed by atoms with Gasteiger partial charge in [0.2, 0.25) is 0 Å². The van der Waals surface area contributed by atoms with Gasteiger partial charge in [0.15, 0.2) is 0 Å². The van der Waals surface area contributed by atoms with Crippen LogP contribution in [0.2, 0.25) is 0 Å². The molecule has 2 aromatic carbocycles. The molecule has 2 unspecified atom stereocenters. The fourth-order valence-corrected chi connectivity index (χ4v) is 5.58. The first-order valence-corrected chi connectivity index (χ1v) is 12.2. The number of thioether (sulfide) groups is 1. The molecule has 2 heterocycles. The lowest BCUT2D eigenvalue weighted by molar-refractivity contribution is 0.374. The van der Waals surface area contributed by atoms with Gasteiger partial charge in [-0.3, -0.25) is 0 Å². The second-order valence-electron chi connectivity index (χ2n) is 8.58. The number of aryl methyl sites for hydroxylation is 1. The van der Waals surface area contributed by atoms with Crippen molar-refractivity contribution in [2.75, 3.05) is 12.8 Å². The predicted octanol–water partition coefficient (Wildman–Crippen LogP) is 6.22. The summed E-state index contributed by atoms with van der Waals surface area (Å²) in [5, 5.41) is 5.19. The molecule has 3 heteroatoms. The van der Waals surface area contributed by atoms with Gasteiger partial charge in [0.25, 0.3) is 0 Å². The van der Waals surface area contributed by atoms with Crippen LogP contribution in [0.4, 0.5) is 0 Å². The fourth-order valence-electron chi connectivity index (χ4n) is 5.14. The molecule has 0 fully saturated rings. The van der Waals surface area contributed by atoms with E-state index < -0.39 is 0 Å². The van der Waals surface area contributed by atoms with Gasteiger partial charge in [0.05, 0.1) is 0 Å². The summed E-state index contributed by atoms with van der Waals surface area (Å²) >= 11 is 1.84. The summed E-state index contributed by atoms with van der Waals surface area (Å²) in [6.45, 7) is 1.00. The normalized spacial score (nSPS) is 21.8. The summed E-state index contributed by atoms with van der Waals surface area (Å²) < 4.78 is 0. The minimum atomic E-state index is 0.614. The summed E-state index contributed by atoms with van der Waals surface area (Å²) in [7, 11) is 0. The van der Waals surface area contributed by atoms with E-state index in [1.54, 1.807) is 5.56 Å². The molecule has 1 aromatic heterocycles. The Labute approximate surface area is 178 Å². The molecule has 1 aliphatic carbocycles. The van der Waals surface area contributed by atoms with E-state index >= 15 is 0 Å². The van der Waals surface area contributed by atoms with Crippen molar-refractivity contribution < 1.29 is 0 Å². The highest BCUT2D eigenvalue weighted by molar-refractivity contribution is 7.98. The van der Waals surface area contributed by atoms with Crippen molar-refractivity contribution in [3.8, 4) is 0 Å². The van der Waals surface area contributed by atoms with Crippen LogP contribution in [0.3, 0.4) is 0 Å². The Bertz CT molecular complexity index is 1020. The molecule has 0 saturated carbocycles. The maximum Gasteiger partial charge on any atom is 0.0459 e. The Morgan fingerprint density at radius 3 is 2.79 bits per heavy atom. The lowest BCUT2D eigenvalue weighted by Gasteiger charge is -2.28. The predicted molar refractivity (Wildman–Crippen MR) is 126 cm³/mol. The Hall–Kier alpha value is -1.97. The molecule has 2 atom stereocenters. The van der Waals surface area contributed by atoms with Crippen molar-refractivity contribution in [1.29, 1.82) is 0 Å². The largest absolute Gasteiger partial charge is 0.358 e. The van der Waals surface area contributed by atoms with Gasteiger partial charge in [0.1, 0.15) is 0 Å². The van der Waals surface area contributed by atoms with Gasteiger partial charge in [0, 0.05) is 34.1 Å². The van der Waals surface area contributed by atoms with Crippen LogP contribution in [0.25, 0.3) is 16.5 Å². The van der Waals surface area contributed by atoms with Crippen LogP contribution < -0.4 is 5.32 Å². The molecule has 2 N–H and O–H groups in total. The van der Waals surface area contributed by atoms with Gasteiger partial charge < -0.3 is 10.3 Å². The van der Waals surface area contributed by atoms with Crippen LogP contribution >= 0.6 is 11.8 Å². The third-order valence-electron chi connectivity index (χ3n) is 6.79. The maximum absolute atomic E-state index is 3.73. The summed E-state index contributed by atoms with van der Waals surface area (Å²) in [4.78, 5) is 5.06. The number of H-pyrrole nitrogens is 1. The van der Waals surface area contributed by atoms with E-state index in [9.17, 15) is 0 Å². The topological polar surface area (TPSA) is 27.8 Å². The van der Waals surface area contributed by atoms with Crippen LogP contribution in [0, 0.1) is 5.92 Å². The summed E-state index contributed by atoms with van der Waals surface area (Å²) in [5.74, 6) is 0.812. The van der Waals surface area contributed by atoms with E-state index in [0.29, 0.717) is 6.04 Å². The molecule has 0 bridgehead atoms. The number of hydrogen-bond acceptors (Lipinski definition) is 2. The van der Waals surface area contributed by atoms with Gasteiger partial charge in [-0.2, -0.15) is 0 Å². The summed E-state index contributed by atoms with van der Waals surface area (Å²) in [6.07, 6.45) is 12.1. The quantitative estimate of drug-likeness (QED) is 0.496. The zero-order chi connectivity index (χ0) is 19.6. The van der Waals surface area contributed by atoms with Crippen molar-refractivity contribution in [2.24, 2.45) is 5.92 Å². The van der Waals surface area contributed by atoms with Crippen molar-refractivity contribution in [3.05, 3.63) is 71.4 Å². The van der Waals surface area contributed by atoms with Gasteiger partial charge in [-0.25, -0.2) is 0 Å². The molecule has 5 rings (SSSR count). The number of aromatic amines is 1. The van der Waals surface area contributed by atoms with Gasteiger partial charge in [-0.1, -0.05) is 36.4 Å². The van der Waals surface area contributed by atoms with E-state index in [0.717, 1.165) is 18.9 Å². The van der Waals surface area contributed by atoms with E-state index in [4.69, 9.17) is 0 Å². The highest BCUT2D eigenvalue weighted by Crippen LogP contribution is 2.36. The molecule has 29 heavy (non-hydrogen) atoms. The van der Waals surface area contributed by atoms with Crippen LogP contribution in [0.1, 0.15) is 42.5 Å². The van der Waals surface area contributed by atoms with Crippen molar-refractivity contribution in [2.45, 2.75) is 49.5 Å². The highest BCUT2D eigenvalue weighted by atomic mass is 32.2. The third kappa shape index (κ3) is 4.04. The molecule has 150 valence electrons. The van der Waals surface area contributed by atoms with Crippen LogP contribution in [-0.2, 0) is 12.8 Å². The van der Waals surface area contributed by atoms with E-state index in [1.807, 2.05) is 11.8 Å². The minimum absolute atomic E-state index is 0.614. The van der Waals surface area contributed by atoms with Gasteiger partial charge in [-0.05, 0) is 85.6 Å². The second-order valence-corrected chi connectivity index (χ2v) is 9.46. The van der Waals surface area contributed by atoms with Crippen molar-refractivity contribution in [3.63, 3.8) is 0 Å². The second kappa shape index (κ2) is 8.41. The molecular weight excluding hydrogens is 372 g/mol. The van der Waals surface area contributed by atoms with Crippen LogP contribution in [0.15, 0.2) is 59.5 Å². The van der Waals surface area contributed by atoms with Crippen LogP contribution in [0.5, 0.6) is 0 Å². The number of benzene rings is 2. The molecule has 2 aliphatic rings. The Kier molecular flexibility index (Phi) is 5.52. The minimum Gasteiger partial charge on any atom is -0.358 e. The average molecular weight is 403 g/mol. The number of aromatic nitrogens is 1. The SMILES string of the molecule is CSc1ccc2[nH]c3c(c2c1)CC(CCC1CC(c2ccccc2)=CCN1)CC3. The smallest absolute Gasteiger partial charge is 0.0459 e. The molecule has 2 nitrogen and oxygen atoms in total. The molecule has 0 radical (unpaired) electrons. The van der Waals surface area contributed by atoms with Gasteiger partial charge in [-0.15, -0.1) is 11.8 Å². The number of nitrogens with one attached hydrogen (secondary N) is 2. The monoisotopic (exact) mass is 402 g/mol. The zero-order valence-corrected chi connectivity index (χ0v) is 18.0. The Morgan fingerprint density at radius 2 is 1.93 bits per heavy atom. The number of fused-ring (bicyclic) bond motifs is 3. The molecule has 0 spiro atoms. The van der Waals surface area contributed by atoms with E-state index in [-0.39, 0.29) is 0 Å². The Balaban J connectivity index is 1.23.